The minimum Gasteiger partial charge on any atom is -0.497 e. The van der Waals surface area contributed by atoms with E-state index in [2.05, 4.69) is 10.1 Å². The van der Waals surface area contributed by atoms with Crippen LogP contribution in [0, 0.1) is 0 Å². The second kappa shape index (κ2) is 9.86. The quantitative estimate of drug-likeness (QED) is 0.669. The van der Waals surface area contributed by atoms with Gasteiger partial charge in [0, 0.05) is 11.4 Å². The van der Waals surface area contributed by atoms with Crippen LogP contribution in [-0.2, 0) is 11.3 Å². The molecule has 1 N–H and O–H groups in total. The number of thioether (sulfide) groups is 1. The molecule has 0 bridgehead atoms. The summed E-state index contributed by atoms with van der Waals surface area (Å²) in [5.74, 6) is 1.01. The van der Waals surface area contributed by atoms with Crippen LogP contribution in [0.5, 0.6) is 17.2 Å². The molecule has 0 fully saturated rings. The smallest absolute Gasteiger partial charge is 0.387 e. The Morgan fingerprint density at radius 1 is 1.08 bits per heavy atom. The lowest BCUT2D eigenvalue weighted by Gasteiger charge is -2.12. The van der Waals surface area contributed by atoms with Crippen LogP contribution in [0.2, 0.25) is 0 Å². The zero-order chi connectivity index (χ0) is 18.9. The molecule has 0 saturated carbocycles. The number of amides is 1. The Balaban J connectivity index is 1.84. The molecule has 0 aliphatic heterocycles. The fourth-order valence-corrected chi connectivity index (χ4v) is 2.82. The van der Waals surface area contributed by atoms with Gasteiger partial charge in [0.25, 0.3) is 0 Å². The lowest BCUT2D eigenvalue weighted by atomic mass is 10.2. The minimum absolute atomic E-state index is 0.0485. The number of ether oxygens (including phenoxy) is 3. The van der Waals surface area contributed by atoms with Gasteiger partial charge < -0.3 is 19.5 Å². The molecule has 2 rings (SSSR count). The summed E-state index contributed by atoms with van der Waals surface area (Å²) in [6, 6.07) is 11.9. The number of nitrogens with one attached hydrogen (secondary N) is 1. The fraction of sp³-hybridized carbons (Fsp3) is 0.278. The van der Waals surface area contributed by atoms with Gasteiger partial charge in [0.15, 0.2) is 11.5 Å². The number of benzene rings is 2. The van der Waals surface area contributed by atoms with Crippen LogP contribution < -0.4 is 19.5 Å². The lowest BCUT2D eigenvalue weighted by molar-refractivity contribution is -0.118. The van der Waals surface area contributed by atoms with Gasteiger partial charge in [-0.15, -0.1) is 11.8 Å². The second-order valence-corrected chi connectivity index (χ2v) is 6.15. The minimum atomic E-state index is -2.93. The van der Waals surface area contributed by atoms with Crippen LogP contribution in [0.15, 0.2) is 47.4 Å². The molecule has 2 aromatic carbocycles. The summed E-state index contributed by atoms with van der Waals surface area (Å²) in [5.41, 5.74) is 0.714. The summed E-state index contributed by atoms with van der Waals surface area (Å²) < 4.78 is 39.1. The first-order valence-corrected chi connectivity index (χ1v) is 8.65. The van der Waals surface area contributed by atoms with Gasteiger partial charge in [-0.1, -0.05) is 6.07 Å². The highest BCUT2D eigenvalue weighted by Crippen LogP contribution is 2.29. The Labute approximate surface area is 154 Å². The third kappa shape index (κ3) is 6.11. The first kappa shape index (κ1) is 19.8. The molecular weight excluding hydrogens is 364 g/mol. The molecule has 8 heteroatoms. The van der Waals surface area contributed by atoms with Crippen molar-refractivity contribution in [3.8, 4) is 17.2 Å². The van der Waals surface area contributed by atoms with Gasteiger partial charge in [-0.2, -0.15) is 8.78 Å². The first-order chi connectivity index (χ1) is 12.5. The molecule has 0 radical (unpaired) electrons. The molecule has 0 saturated heterocycles. The molecule has 0 unspecified atom stereocenters. The van der Waals surface area contributed by atoms with Gasteiger partial charge >= 0.3 is 6.61 Å². The Bertz CT molecular complexity index is 726. The average molecular weight is 383 g/mol. The van der Waals surface area contributed by atoms with Crippen molar-refractivity contribution in [2.24, 2.45) is 0 Å². The van der Waals surface area contributed by atoms with Gasteiger partial charge in [0.1, 0.15) is 5.75 Å². The summed E-state index contributed by atoms with van der Waals surface area (Å²) in [4.78, 5) is 12.9. The highest BCUT2D eigenvalue weighted by Gasteiger charge is 2.11. The number of halogens is 2. The van der Waals surface area contributed by atoms with E-state index in [1.165, 1.54) is 24.9 Å². The van der Waals surface area contributed by atoms with Crippen molar-refractivity contribution < 1.29 is 27.8 Å². The topological polar surface area (TPSA) is 56.8 Å². The van der Waals surface area contributed by atoms with Crippen molar-refractivity contribution in [2.45, 2.75) is 18.1 Å². The van der Waals surface area contributed by atoms with E-state index in [-0.39, 0.29) is 29.7 Å². The predicted octanol–water partition coefficient (Wildman–Crippen LogP) is 3.71. The Morgan fingerprint density at radius 3 is 2.42 bits per heavy atom. The van der Waals surface area contributed by atoms with Gasteiger partial charge in [0.05, 0.1) is 20.0 Å². The molecule has 0 aromatic heterocycles. The molecule has 0 atom stereocenters. The first-order valence-electron chi connectivity index (χ1n) is 7.67. The van der Waals surface area contributed by atoms with Crippen molar-refractivity contribution in [3.05, 3.63) is 48.0 Å². The number of rotatable bonds is 9. The Kier molecular flexibility index (Phi) is 7.53. The van der Waals surface area contributed by atoms with Crippen molar-refractivity contribution >= 4 is 17.7 Å². The van der Waals surface area contributed by atoms with Crippen LogP contribution in [0.25, 0.3) is 0 Å². The van der Waals surface area contributed by atoms with E-state index in [4.69, 9.17) is 9.47 Å². The van der Waals surface area contributed by atoms with Crippen LogP contribution in [0.1, 0.15) is 5.56 Å². The van der Waals surface area contributed by atoms with E-state index in [1.807, 2.05) is 24.3 Å². The van der Waals surface area contributed by atoms with E-state index in [1.54, 1.807) is 19.2 Å². The summed E-state index contributed by atoms with van der Waals surface area (Å²) in [6.07, 6.45) is 0. The number of methoxy groups -OCH3 is 2. The summed E-state index contributed by atoms with van der Waals surface area (Å²) in [6.45, 7) is -2.67. The van der Waals surface area contributed by atoms with Gasteiger partial charge in [-0.25, -0.2) is 0 Å². The third-order valence-electron chi connectivity index (χ3n) is 3.36. The standard InChI is InChI=1S/C18H19F2NO4S/c1-23-13-4-6-14(7-5-13)26-11-17(22)21-10-12-3-8-15(25-18(19)20)16(9-12)24-2/h3-9,18H,10-11H2,1-2H3,(H,21,22). The van der Waals surface area contributed by atoms with Crippen LogP contribution in [-0.4, -0.2) is 32.5 Å². The number of carbonyl (C=O) groups excluding carboxylic acids is 1. The Hall–Kier alpha value is -2.48. The Morgan fingerprint density at radius 2 is 1.81 bits per heavy atom. The van der Waals surface area contributed by atoms with Crippen molar-refractivity contribution in [3.63, 3.8) is 0 Å². The molecule has 2 aromatic rings. The number of carbonyl (C=O) groups is 1. The van der Waals surface area contributed by atoms with E-state index >= 15 is 0 Å². The average Bonchev–Trinajstić information content (AvgIpc) is 2.65. The van der Waals surface area contributed by atoms with E-state index in [0.29, 0.717) is 5.56 Å². The van der Waals surface area contributed by atoms with E-state index in [9.17, 15) is 13.6 Å². The van der Waals surface area contributed by atoms with Crippen LogP contribution in [0.3, 0.4) is 0 Å². The van der Waals surface area contributed by atoms with Crippen molar-refractivity contribution in [1.29, 1.82) is 0 Å². The molecule has 0 spiro atoms. The van der Waals surface area contributed by atoms with Crippen LogP contribution in [0.4, 0.5) is 8.78 Å². The summed E-state index contributed by atoms with van der Waals surface area (Å²) in [7, 11) is 2.96. The maximum Gasteiger partial charge on any atom is 0.387 e. The lowest BCUT2D eigenvalue weighted by Crippen LogP contribution is -2.24. The maximum absolute atomic E-state index is 12.3. The monoisotopic (exact) mass is 383 g/mol. The molecule has 0 aliphatic rings. The number of hydrogen-bond acceptors (Lipinski definition) is 5. The molecule has 0 heterocycles. The molecular formula is C18H19F2NO4S. The highest BCUT2D eigenvalue weighted by atomic mass is 32.2. The van der Waals surface area contributed by atoms with Crippen LogP contribution >= 0.6 is 11.8 Å². The third-order valence-corrected chi connectivity index (χ3v) is 4.38. The van der Waals surface area contributed by atoms with Gasteiger partial charge in [0.2, 0.25) is 5.91 Å². The molecule has 26 heavy (non-hydrogen) atoms. The highest BCUT2D eigenvalue weighted by molar-refractivity contribution is 8.00. The zero-order valence-corrected chi connectivity index (χ0v) is 15.1. The summed E-state index contributed by atoms with van der Waals surface area (Å²) >= 11 is 1.40. The molecule has 140 valence electrons. The molecule has 0 aliphatic carbocycles. The van der Waals surface area contributed by atoms with Gasteiger partial charge in [-0.05, 0) is 42.0 Å². The van der Waals surface area contributed by atoms with Gasteiger partial charge in [-0.3, -0.25) is 4.79 Å². The maximum atomic E-state index is 12.3. The molecule has 1 amide bonds. The molecule has 5 nitrogen and oxygen atoms in total. The number of alkyl halides is 2. The normalized spacial score (nSPS) is 10.5. The largest absolute Gasteiger partial charge is 0.497 e. The van der Waals surface area contributed by atoms with E-state index in [0.717, 1.165) is 10.6 Å². The SMILES string of the molecule is COc1ccc(SCC(=O)NCc2ccc(OC(F)F)c(OC)c2)cc1. The fourth-order valence-electron chi connectivity index (χ4n) is 2.09. The van der Waals surface area contributed by atoms with Crippen molar-refractivity contribution in [2.75, 3.05) is 20.0 Å². The second-order valence-electron chi connectivity index (χ2n) is 5.10. The summed E-state index contributed by atoms with van der Waals surface area (Å²) in [5, 5.41) is 2.77. The van der Waals surface area contributed by atoms with E-state index < -0.39 is 6.61 Å². The zero-order valence-electron chi connectivity index (χ0n) is 14.3. The number of hydrogen-bond donors (Lipinski definition) is 1. The predicted molar refractivity (Wildman–Crippen MR) is 95.2 cm³/mol. The van der Waals surface area contributed by atoms with Crippen molar-refractivity contribution in [1.82, 2.24) is 5.32 Å².